The molecule has 1 aromatic heterocycles. The number of hydrogen-bond acceptors (Lipinski definition) is 3. The van der Waals surface area contributed by atoms with Crippen LogP contribution >= 0.6 is 11.3 Å². The summed E-state index contributed by atoms with van der Waals surface area (Å²) in [5, 5.41) is 3.55. The summed E-state index contributed by atoms with van der Waals surface area (Å²) in [5.41, 5.74) is 0.267. The lowest BCUT2D eigenvalue weighted by atomic mass is 10.0. The predicted octanol–water partition coefficient (Wildman–Crippen LogP) is 2.49. The van der Waals surface area contributed by atoms with Crippen molar-refractivity contribution in [3.63, 3.8) is 0 Å². The third-order valence-corrected chi connectivity index (χ3v) is 4.31. The molecule has 1 fully saturated rings. The Morgan fingerprint density at radius 1 is 1.38 bits per heavy atom. The predicted molar refractivity (Wildman–Crippen MR) is 71.1 cm³/mol. The molecule has 3 heteroatoms. The van der Waals surface area contributed by atoms with E-state index in [2.05, 4.69) is 43.1 Å². The van der Waals surface area contributed by atoms with Crippen LogP contribution in [0.15, 0.2) is 12.1 Å². The fourth-order valence-electron chi connectivity index (χ4n) is 2.30. The van der Waals surface area contributed by atoms with Gasteiger partial charge in [0.05, 0.1) is 0 Å². The molecule has 0 bridgehead atoms. The lowest BCUT2D eigenvalue weighted by Gasteiger charge is -2.38. The van der Waals surface area contributed by atoms with Crippen LogP contribution in [0.3, 0.4) is 0 Å². The van der Waals surface area contributed by atoms with Gasteiger partial charge in [-0.25, -0.2) is 0 Å². The van der Waals surface area contributed by atoms with Crippen molar-refractivity contribution in [3.8, 4) is 0 Å². The number of aryl methyl sites for hydroxylation is 1. The summed E-state index contributed by atoms with van der Waals surface area (Å²) in [5.74, 6) is 0. The van der Waals surface area contributed by atoms with Crippen molar-refractivity contribution in [2.75, 3.05) is 19.6 Å². The topological polar surface area (TPSA) is 15.3 Å². The zero-order chi connectivity index (χ0) is 11.6. The first-order chi connectivity index (χ1) is 7.59. The highest BCUT2D eigenvalue weighted by Gasteiger charge is 2.25. The Kier molecular flexibility index (Phi) is 3.67. The Morgan fingerprint density at radius 3 is 2.75 bits per heavy atom. The highest BCUT2D eigenvalue weighted by Crippen LogP contribution is 2.20. The van der Waals surface area contributed by atoms with Gasteiger partial charge in [0.15, 0.2) is 0 Å². The first-order valence-corrected chi connectivity index (χ1v) is 6.96. The minimum atomic E-state index is 0.267. The smallest absolute Gasteiger partial charge is 0.0329 e. The van der Waals surface area contributed by atoms with Crippen LogP contribution in [0.25, 0.3) is 0 Å². The highest BCUT2D eigenvalue weighted by atomic mass is 32.1. The van der Waals surface area contributed by atoms with Crippen molar-refractivity contribution in [1.29, 1.82) is 0 Å². The summed E-state index contributed by atoms with van der Waals surface area (Å²) >= 11 is 1.96. The molecule has 0 unspecified atom stereocenters. The molecule has 1 N–H and O–H groups in total. The summed E-state index contributed by atoms with van der Waals surface area (Å²) in [4.78, 5) is 5.57. The van der Waals surface area contributed by atoms with Crippen molar-refractivity contribution in [2.45, 2.75) is 39.3 Å². The normalized spacial score (nSPS) is 21.2. The lowest BCUT2D eigenvalue weighted by Crippen LogP contribution is -2.56. The number of thiophene rings is 1. The minimum Gasteiger partial charge on any atom is -0.309 e. The maximum Gasteiger partial charge on any atom is 0.0329 e. The quantitative estimate of drug-likeness (QED) is 0.870. The largest absolute Gasteiger partial charge is 0.309 e. The number of nitrogens with zero attached hydrogens (tertiary/aromatic N) is 1. The van der Waals surface area contributed by atoms with E-state index < -0.39 is 0 Å². The molecule has 16 heavy (non-hydrogen) atoms. The lowest BCUT2D eigenvalue weighted by molar-refractivity contribution is 0.149. The van der Waals surface area contributed by atoms with Crippen LogP contribution < -0.4 is 5.32 Å². The second-order valence-corrected chi connectivity index (χ2v) is 6.50. The van der Waals surface area contributed by atoms with Gasteiger partial charge in [-0.3, -0.25) is 4.90 Å². The Labute approximate surface area is 103 Å². The van der Waals surface area contributed by atoms with Crippen LogP contribution in [0.5, 0.6) is 0 Å². The SMILES string of the molecule is CCc1ccc(CN2CCNC(C)(C)C2)s1. The van der Waals surface area contributed by atoms with Crippen molar-refractivity contribution >= 4 is 11.3 Å². The second-order valence-electron chi connectivity index (χ2n) is 5.24. The van der Waals surface area contributed by atoms with E-state index in [1.807, 2.05) is 11.3 Å². The molecule has 0 saturated carbocycles. The molecular formula is C13H22N2S. The zero-order valence-electron chi connectivity index (χ0n) is 10.5. The van der Waals surface area contributed by atoms with Gasteiger partial charge in [-0.15, -0.1) is 11.3 Å². The molecule has 2 heterocycles. The Hall–Kier alpha value is -0.380. The third kappa shape index (κ3) is 3.06. The summed E-state index contributed by atoms with van der Waals surface area (Å²) in [7, 11) is 0. The first-order valence-electron chi connectivity index (χ1n) is 6.14. The molecule has 0 aliphatic carbocycles. The van der Waals surface area contributed by atoms with Gasteiger partial charge in [0.25, 0.3) is 0 Å². The number of piperazine rings is 1. The van der Waals surface area contributed by atoms with Gasteiger partial charge in [-0.1, -0.05) is 6.92 Å². The summed E-state index contributed by atoms with van der Waals surface area (Å²) < 4.78 is 0. The van der Waals surface area contributed by atoms with Gasteiger partial charge < -0.3 is 5.32 Å². The molecule has 1 aliphatic rings. The maximum atomic E-state index is 3.55. The van der Waals surface area contributed by atoms with Crippen LogP contribution in [-0.4, -0.2) is 30.1 Å². The number of hydrogen-bond donors (Lipinski definition) is 1. The van der Waals surface area contributed by atoms with Crippen molar-refractivity contribution in [2.24, 2.45) is 0 Å². The summed E-state index contributed by atoms with van der Waals surface area (Å²) in [6.07, 6.45) is 1.16. The molecule has 0 aromatic carbocycles. The van der Waals surface area contributed by atoms with Gasteiger partial charge in [-0.2, -0.15) is 0 Å². The van der Waals surface area contributed by atoms with Crippen LogP contribution in [0.1, 0.15) is 30.5 Å². The molecule has 0 atom stereocenters. The number of rotatable bonds is 3. The van der Waals surface area contributed by atoms with E-state index in [1.165, 1.54) is 16.3 Å². The van der Waals surface area contributed by atoms with Gasteiger partial charge in [0.2, 0.25) is 0 Å². The van der Waals surface area contributed by atoms with E-state index in [4.69, 9.17) is 0 Å². The van der Waals surface area contributed by atoms with E-state index >= 15 is 0 Å². The summed E-state index contributed by atoms with van der Waals surface area (Å²) in [6.45, 7) is 11.3. The monoisotopic (exact) mass is 238 g/mol. The van der Waals surface area contributed by atoms with Gasteiger partial charge in [0, 0.05) is 41.5 Å². The fourth-order valence-corrected chi connectivity index (χ4v) is 3.30. The maximum absolute atomic E-state index is 3.55. The highest BCUT2D eigenvalue weighted by molar-refractivity contribution is 7.11. The van der Waals surface area contributed by atoms with Gasteiger partial charge in [0.1, 0.15) is 0 Å². The van der Waals surface area contributed by atoms with E-state index in [1.54, 1.807) is 0 Å². The molecular weight excluding hydrogens is 216 g/mol. The van der Waals surface area contributed by atoms with E-state index in [0.717, 1.165) is 26.1 Å². The zero-order valence-corrected chi connectivity index (χ0v) is 11.4. The minimum absolute atomic E-state index is 0.267. The van der Waals surface area contributed by atoms with Crippen LogP contribution in [0.4, 0.5) is 0 Å². The second kappa shape index (κ2) is 4.86. The molecule has 0 spiro atoms. The fraction of sp³-hybridized carbons (Fsp3) is 0.692. The van der Waals surface area contributed by atoms with Crippen LogP contribution in [0.2, 0.25) is 0 Å². The average molecular weight is 238 g/mol. The summed E-state index contributed by atoms with van der Waals surface area (Å²) in [6, 6.07) is 4.56. The van der Waals surface area contributed by atoms with Gasteiger partial charge in [-0.05, 0) is 32.4 Å². The molecule has 2 nitrogen and oxygen atoms in total. The molecule has 0 radical (unpaired) electrons. The molecule has 2 rings (SSSR count). The standard InChI is InChI=1S/C13H22N2S/c1-4-11-5-6-12(16-11)9-15-8-7-14-13(2,3)10-15/h5-6,14H,4,7-10H2,1-3H3. The molecule has 1 saturated heterocycles. The van der Waals surface area contributed by atoms with Crippen LogP contribution in [-0.2, 0) is 13.0 Å². The molecule has 0 amide bonds. The van der Waals surface area contributed by atoms with Crippen molar-refractivity contribution in [1.82, 2.24) is 10.2 Å². The molecule has 1 aromatic rings. The Balaban J connectivity index is 1.94. The average Bonchev–Trinajstić information content (AvgIpc) is 2.64. The molecule has 90 valence electrons. The van der Waals surface area contributed by atoms with Crippen molar-refractivity contribution < 1.29 is 0 Å². The van der Waals surface area contributed by atoms with E-state index in [0.29, 0.717) is 0 Å². The van der Waals surface area contributed by atoms with Crippen LogP contribution in [0, 0.1) is 0 Å². The van der Waals surface area contributed by atoms with Crippen molar-refractivity contribution in [3.05, 3.63) is 21.9 Å². The number of nitrogens with one attached hydrogen (secondary N) is 1. The van der Waals surface area contributed by atoms with Gasteiger partial charge >= 0.3 is 0 Å². The third-order valence-electron chi connectivity index (χ3n) is 3.10. The molecule has 1 aliphatic heterocycles. The Morgan fingerprint density at radius 2 is 2.12 bits per heavy atom. The van der Waals surface area contributed by atoms with E-state index in [-0.39, 0.29) is 5.54 Å². The Bertz CT molecular complexity index is 343. The first kappa shape index (κ1) is 12.1. The van der Waals surface area contributed by atoms with E-state index in [9.17, 15) is 0 Å².